The van der Waals surface area contributed by atoms with Gasteiger partial charge in [-0.15, -0.1) is 0 Å². The van der Waals surface area contributed by atoms with E-state index in [1.807, 2.05) is 0 Å². The first-order valence-corrected chi connectivity index (χ1v) is 6.52. The number of carboxylic acids is 1. The minimum Gasteiger partial charge on any atom is -0.477 e. The number of ether oxygens (including phenoxy) is 1. The van der Waals surface area contributed by atoms with E-state index in [9.17, 15) is 18.4 Å². The highest BCUT2D eigenvalue weighted by Crippen LogP contribution is 2.15. The molecule has 1 aromatic carbocycles. The molecule has 0 saturated carbocycles. The molecule has 2 aromatic rings. The maximum absolute atomic E-state index is 12.3. The van der Waals surface area contributed by atoms with Crippen LogP contribution in [-0.2, 0) is 17.9 Å². The Morgan fingerprint density at radius 2 is 2.00 bits per heavy atom. The Hall–Kier alpha value is -2.97. The molecule has 0 radical (unpaired) electrons. The van der Waals surface area contributed by atoms with Crippen LogP contribution in [0.1, 0.15) is 15.9 Å². The number of rotatable bonds is 6. The van der Waals surface area contributed by atoms with Gasteiger partial charge in [-0.25, -0.2) is 18.4 Å². The molecule has 0 fully saturated rings. The van der Waals surface area contributed by atoms with E-state index in [1.54, 1.807) is 30.3 Å². The molecule has 1 amide bonds. The zero-order valence-electron chi connectivity index (χ0n) is 11.8. The van der Waals surface area contributed by atoms with Crippen molar-refractivity contribution in [2.24, 2.45) is 0 Å². The molecule has 23 heavy (non-hydrogen) atoms. The number of carbonyl (C=O) groups is 2. The first-order valence-electron chi connectivity index (χ1n) is 6.52. The van der Waals surface area contributed by atoms with Gasteiger partial charge in [0.05, 0.1) is 0 Å². The van der Waals surface area contributed by atoms with Gasteiger partial charge in [0, 0.05) is 6.20 Å². The maximum atomic E-state index is 12.3. The van der Waals surface area contributed by atoms with Crippen LogP contribution >= 0.6 is 0 Å². The number of aromatic carboxylic acids is 1. The largest absolute Gasteiger partial charge is 0.477 e. The number of alkyl halides is 2. The van der Waals surface area contributed by atoms with E-state index in [-0.39, 0.29) is 12.4 Å². The average molecular weight is 325 g/mol. The molecule has 122 valence electrons. The fourth-order valence-electron chi connectivity index (χ4n) is 1.76. The lowest BCUT2D eigenvalue weighted by Crippen LogP contribution is -2.16. The summed E-state index contributed by atoms with van der Waals surface area (Å²) in [6.07, 6.45) is -2.71. The number of halogens is 2. The zero-order chi connectivity index (χ0) is 16.8. The van der Waals surface area contributed by atoms with Crippen LogP contribution in [0.15, 0.2) is 36.5 Å². The molecule has 7 nitrogen and oxygen atoms in total. The van der Waals surface area contributed by atoms with Crippen LogP contribution in [0, 0.1) is 0 Å². The van der Waals surface area contributed by atoms with Crippen molar-refractivity contribution in [1.82, 2.24) is 9.78 Å². The number of carbonyl (C=O) groups excluding carboxylic acids is 1. The highest BCUT2D eigenvalue weighted by Gasteiger charge is 2.19. The third-order valence-electron chi connectivity index (χ3n) is 2.75. The lowest BCUT2D eigenvalue weighted by Gasteiger charge is -2.05. The van der Waals surface area contributed by atoms with Crippen molar-refractivity contribution in [3.8, 4) is 0 Å². The molecule has 0 saturated heterocycles. The Morgan fingerprint density at radius 3 is 2.61 bits per heavy atom. The molecule has 2 N–H and O–H groups in total. The van der Waals surface area contributed by atoms with E-state index in [2.05, 4.69) is 10.4 Å². The van der Waals surface area contributed by atoms with Crippen LogP contribution in [0.2, 0.25) is 0 Å². The Balaban J connectivity index is 2.01. The molecule has 0 aliphatic carbocycles. The van der Waals surface area contributed by atoms with Gasteiger partial charge in [-0.1, -0.05) is 30.3 Å². The first kappa shape index (κ1) is 16.4. The van der Waals surface area contributed by atoms with E-state index in [0.29, 0.717) is 0 Å². The quantitative estimate of drug-likeness (QED) is 0.851. The van der Waals surface area contributed by atoms with Crippen LogP contribution in [0.4, 0.5) is 19.4 Å². The van der Waals surface area contributed by atoms with Crippen molar-refractivity contribution in [3.63, 3.8) is 0 Å². The van der Waals surface area contributed by atoms with E-state index in [0.717, 1.165) is 16.4 Å². The SMILES string of the molecule is O=C(Nc1nn(CC(F)F)cc1C(=O)O)OCc1ccccc1. The van der Waals surface area contributed by atoms with Gasteiger partial charge < -0.3 is 9.84 Å². The highest BCUT2D eigenvalue weighted by atomic mass is 19.3. The van der Waals surface area contributed by atoms with Crippen molar-refractivity contribution < 1.29 is 28.2 Å². The molecule has 0 bridgehead atoms. The lowest BCUT2D eigenvalue weighted by molar-refractivity contribution is 0.0697. The van der Waals surface area contributed by atoms with Crippen LogP contribution in [0.5, 0.6) is 0 Å². The van der Waals surface area contributed by atoms with Gasteiger partial charge in [-0.2, -0.15) is 5.10 Å². The summed E-state index contributed by atoms with van der Waals surface area (Å²) in [5, 5.41) is 14.7. The van der Waals surface area contributed by atoms with Crippen LogP contribution in [0.25, 0.3) is 0 Å². The summed E-state index contributed by atoms with van der Waals surface area (Å²) < 4.78 is 30.3. The predicted octanol–water partition coefficient (Wildman–Crippen LogP) is 2.60. The monoisotopic (exact) mass is 325 g/mol. The number of hydrogen-bond donors (Lipinski definition) is 2. The molecule has 0 spiro atoms. The Bertz CT molecular complexity index is 689. The second-order valence-corrected chi connectivity index (χ2v) is 4.50. The summed E-state index contributed by atoms with van der Waals surface area (Å²) in [6.45, 7) is -0.798. The van der Waals surface area contributed by atoms with Crippen LogP contribution in [-0.4, -0.2) is 33.4 Å². The molecule has 1 aromatic heterocycles. The summed E-state index contributed by atoms with van der Waals surface area (Å²) in [7, 11) is 0. The third-order valence-corrected chi connectivity index (χ3v) is 2.75. The van der Waals surface area contributed by atoms with Gasteiger partial charge >= 0.3 is 12.1 Å². The Morgan fingerprint density at radius 1 is 1.30 bits per heavy atom. The number of nitrogens with zero attached hydrogens (tertiary/aromatic N) is 2. The number of aromatic nitrogens is 2. The normalized spacial score (nSPS) is 10.6. The zero-order valence-corrected chi connectivity index (χ0v) is 11.8. The van der Waals surface area contributed by atoms with Gasteiger partial charge in [-0.3, -0.25) is 10.00 Å². The van der Waals surface area contributed by atoms with Gasteiger partial charge in [0.1, 0.15) is 18.7 Å². The molecule has 9 heteroatoms. The van der Waals surface area contributed by atoms with Crippen molar-refractivity contribution >= 4 is 17.9 Å². The van der Waals surface area contributed by atoms with Crippen molar-refractivity contribution in [2.45, 2.75) is 19.6 Å². The Kier molecular flexibility index (Phi) is 5.23. The molecule has 0 aliphatic rings. The van der Waals surface area contributed by atoms with Crippen LogP contribution < -0.4 is 5.32 Å². The molecule has 0 atom stereocenters. The summed E-state index contributed by atoms with van der Waals surface area (Å²) in [5.41, 5.74) is 0.339. The van der Waals surface area contributed by atoms with Gasteiger partial charge in [0.15, 0.2) is 5.82 Å². The molecule has 2 rings (SSSR count). The smallest absolute Gasteiger partial charge is 0.413 e. The van der Waals surface area contributed by atoms with Crippen molar-refractivity contribution in [2.75, 3.05) is 5.32 Å². The number of benzene rings is 1. The topological polar surface area (TPSA) is 93.5 Å². The minimum absolute atomic E-state index is 0.0210. The third kappa shape index (κ3) is 4.77. The number of anilines is 1. The van der Waals surface area contributed by atoms with E-state index < -0.39 is 30.6 Å². The molecule has 0 unspecified atom stereocenters. The van der Waals surface area contributed by atoms with Crippen LogP contribution in [0.3, 0.4) is 0 Å². The average Bonchev–Trinajstić information content (AvgIpc) is 2.88. The summed E-state index contributed by atoms with van der Waals surface area (Å²) in [4.78, 5) is 22.7. The molecular formula is C14H13F2N3O4. The fraction of sp³-hybridized carbons (Fsp3) is 0.214. The first-order chi connectivity index (χ1) is 11.0. The van der Waals surface area contributed by atoms with Gasteiger partial charge in [-0.05, 0) is 5.56 Å². The minimum atomic E-state index is -2.70. The number of carboxylic acid groups (broad SMARTS) is 1. The highest BCUT2D eigenvalue weighted by molar-refractivity contribution is 5.97. The Labute approximate surface area is 129 Å². The number of nitrogens with one attached hydrogen (secondary N) is 1. The number of amides is 1. The van der Waals surface area contributed by atoms with E-state index in [4.69, 9.17) is 9.84 Å². The van der Waals surface area contributed by atoms with E-state index in [1.165, 1.54) is 0 Å². The second-order valence-electron chi connectivity index (χ2n) is 4.50. The maximum Gasteiger partial charge on any atom is 0.413 e. The predicted molar refractivity (Wildman–Crippen MR) is 75.4 cm³/mol. The van der Waals surface area contributed by atoms with Gasteiger partial charge in [0.25, 0.3) is 6.43 Å². The van der Waals surface area contributed by atoms with E-state index >= 15 is 0 Å². The van der Waals surface area contributed by atoms with Crippen molar-refractivity contribution in [3.05, 3.63) is 47.7 Å². The van der Waals surface area contributed by atoms with Crippen molar-refractivity contribution in [1.29, 1.82) is 0 Å². The van der Waals surface area contributed by atoms with Gasteiger partial charge in [0.2, 0.25) is 0 Å². The summed E-state index contributed by atoms with van der Waals surface area (Å²) in [6, 6.07) is 8.83. The summed E-state index contributed by atoms with van der Waals surface area (Å²) >= 11 is 0. The second kappa shape index (κ2) is 7.34. The molecular weight excluding hydrogens is 312 g/mol. The number of hydrogen-bond acceptors (Lipinski definition) is 4. The fourth-order valence-corrected chi connectivity index (χ4v) is 1.76. The molecule has 0 aliphatic heterocycles. The molecule has 1 heterocycles. The summed E-state index contributed by atoms with van der Waals surface area (Å²) in [5.74, 6) is -1.75. The lowest BCUT2D eigenvalue weighted by atomic mass is 10.2. The standard InChI is InChI=1S/C14H13F2N3O4/c15-11(16)7-19-6-10(13(20)21)12(18-19)17-14(22)23-8-9-4-2-1-3-5-9/h1-6,11H,7-8H2,(H,20,21)(H,17,18,22).